The summed E-state index contributed by atoms with van der Waals surface area (Å²) in [6, 6.07) is 10.3. The number of para-hydroxylation sites is 1. The van der Waals surface area contributed by atoms with Crippen LogP contribution in [0.3, 0.4) is 0 Å². The number of carboxylic acids is 1. The predicted octanol–water partition coefficient (Wildman–Crippen LogP) is 6.42. The van der Waals surface area contributed by atoms with Gasteiger partial charge in [0.15, 0.2) is 0 Å². The molecule has 7 nitrogen and oxygen atoms in total. The Hall–Kier alpha value is -3.24. The molecule has 2 fully saturated rings. The number of aromatic nitrogens is 1. The van der Waals surface area contributed by atoms with Crippen LogP contribution in [0.25, 0.3) is 10.9 Å². The van der Waals surface area contributed by atoms with E-state index in [1.807, 2.05) is 12.1 Å². The first-order chi connectivity index (χ1) is 18.6. The van der Waals surface area contributed by atoms with Crippen molar-refractivity contribution >= 4 is 40.2 Å². The minimum Gasteiger partial charge on any atom is -0.480 e. The van der Waals surface area contributed by atoms with Gasteiger partial charge in [0.1, 0.15) is 6.04 Å². The first-order valence-electron chi connectivity index (χ1n) is 13.1. The Morgan fingerprint density at radius 2 is 1.72 bits per heavy atom. The number of carboxylic acid groups (broad SMARTS) is 1. The van der Waals surface area contributed by atoms with Crippen molar-refractivity contribution in [3.63, 3.8) is 0 Å². The minimum atomic E-state index is -4.63. The number of fused-ring (bicyclic) bond motifs is 1. The Morgan fingerprint density at radius 3 is 2.38 bits per heavy atom. The molecule has 2 aliphatic heterocycles. The number of likely N-dealkylation sites (tertiary alicyclic amines) is 2. The molecule has 39 heavy (non-hydrogen) atoms. The number of anilines is 1. The van der Waals surface area contributed by atoms with E-state index in [1.165, 1.54) is 21.9 Å². The Morgan fingerprint density at radius 1 is 1.03 bits per heavy atom. The molecular formula is C28H30ClF3N4O3. The van der Waals surface area contributed by atoms with Crippen LogP contribution in [-0.2, 0) is 11.0 Å². The first-order valence-corrected chi connectivity index (χ1v) is 13.4. The van der Waals surface area contributed by atoms with Crippen molar-refractivity contribution in [1.29, 1.82) is 0 Å². The standard InChI is InChI=1S/C28H30ClF3N4O3/c29-23-6-5-19(15-22(23)28(30,31)32)34-27(39)36-13-9-18(10-14-36)25(26(37)38)35-11-7-17(8-12-35)21-16-33-24-4-2-1-3-20(21)24/h1-6,15-18,25,33H,7-14H2,(H,34,39)(H,37,38). The molecule has 0 saturated carbocycles. The predicted molar refractivity (Wildman–Crippen MR) is 143 cm³/mol. The van der Waals surface area contributed by atoms with Crippen molar-refractivity contribution in [1.82, 2.24) is 14.8 Å². The lowest BCUT2D eigenvalue weighted by molar-refractivity contribution is -0.147. The first kappa shape index (κ1) is 27.3. The molecule has 3 heterocycles. The van der Waals surface area contributed by atoms with Gasteiger partial charge >= 0.3 is 18.2 Å². The zero-order valence-corrected chi connectivity index (χ0v) is 21.9. The average molecular weight is 563 g/mol. The fourth-order valence-electron chi connectivity index (χ4n) is 6.02. The van der Waals surface area contributed by atoms with Gasteiger partial charge in [0.25, 0.3) is 0 Å². The third kappa shape index (κ3) is 5.86. The Kier molecular flexibility index (Phi) is 7.77. The molecule has 2 aromatic carbocycles. The van der Waals surface area contributed by atoms with Crippen LogP contribution in [0.15, 0.2) is 48.7 Å². The number of alkyl halides is 3. The molecule has 2 amide bonds. The number of H-pyrrole nitrogens is 1. The number of aromatic amines is 1. The third-order valence-corrected chi connectivity index (χ3v) is 8.36. The van der Waals surface area contributed by atoms with Gasteiger partial charge in [-0.05, 0) is 80.4 Å². The van der Waals surface area contributed by atoms with Gasteiger partial charge in [-0.25, -0.2) is 4.79 Å². The van der Waals surface area contributed by atoms with Crippen molar-refractivity contribution in [3.8, 4) is 0 Å². The number of aliphatic carboxylic acids is 1. The lowest BCUT2D eigenvalue weighted by Gasteiger charge is -2.41. The number of amides is 2. The van der Waals surface area contributed by atoms with Crippen LogP contribution in [0.1, 0.15) is 42.7 Å². The molecule has 5 rings (SSSR count). The highest BCUT2D eigenvalue weighted by Crippen LogP contribution is 2.37. The van der Waals surface area contributed by atoms with Gasteiger partial charge in [-0.2, -0.15) is 13.2 Å². The van der Waals surface area contributed by atoms with Crippen LogP contribution >= 0.6 is 11.6 Å². The summed E-state index contributed by atoms with van der Waals surface area (Å²) < 4.78 is 39.5. The average Bonchev–Trinajstić information content (AvgIpc) is 3.34. The number of benzene rings is 2. The van der Waals surface area contributed by atoms with E-state index in [4.69, 9.17) is 11.6 Å². The smallest absolute Gasteiger partial charge is 0.417 e. The number of urea groups is 1. The van der Waals surface area contributed by atoms with E-state index in [1.54, 1.807) is 0 Å². The van der Waals surface area contributed by atoms with Gasteiger partial charge in [-0.1, -0.05) is 29.8 Å². The van der Waals surface area contributed by atoms with Gasteiger partial charge in [0.2, 0.25) is 0 Å². The van der Waals surface area contributed by atoms with E-state index >= 15 is 0 Å². The van der Waals surface area contributed by atoms with E-state index in [0.717, 1.165) is 30.5 Å². The summed E-state index contributed by atoms with van der Waals surface area (Å²) in [5, 5.41) is 13.4. The summed E-state index contributed by atoms with van der Waals surface area (Å²) in [4.78, 5) is 32.0. The summed E-state index contributed by atoms with van der Waals surface area (Å²) >= 11 is 5.66. The molecular weight excluding hydrogens is 533 g/mol. The lowest BCUT2D eigenvalue weighted by Crippen LogP contribution is -2.52. The van der Waals surface area contributed by atoms with Crippen LogP contribution in [0.5, 0.6) is 0 Å². The summed E-state index contributed by atoms with van der Waals surface area (Å²) in [6.07, 6.45) is 0.171. The number of halogens is 4. The third-order valence-electron chi connectivity index (χ3n) is 8.03. The largest absolute Gasteiger partial charge is 0.480 e. The van der Waals surface area contributed by atoms with Crippen LogP contribution in [0.2, 0.25) is 5.02 Å². The van der Waals surface area contributed by atoms with Crippen molar-refractivity contribution in [3.05, 3.63) is 64.8 Å². The van der Waals surface area contributed by atoms with Crippen LogP contribution < -0.4 is 5.32 Å². The SMILES string of the molecule is O=C(O)C(C1CCN(C(=O)Nc2ccc(Cl)c(C(F)(F)F)c2)CC1)N1CCC(c2c[nH]c3ccccc23)CC1. The number of hydrogen-bond acceptors (Lipinski definition) is 3. The van der Waals surface area contributed by atoms with Gasteiger partial charge in [0, 0.05) is 35.9 Å². The molecule has 1 aromatic heterocycles. The number of hydrogen-bond donors (Lipinski definition) is 3. The van der Waals surface area contributed by atoms with Gasteiger partial charge in [0.05, 0.1) is 10.6 Å². The van der Waals surface area contributed by atoms with Crippen LogP contribution in [0.4, 0.5) is 23.7 Å². The zero-order valence-electron chi connectivity index (χ0n) is 21.2. The quantitative estimate of drug-likeness (QED) is 0.335. The Labute approximate surface area is 228 Å². The number of nitrogens with one attached hydrogen (secondary N) is 2. The minimum absolute atomic E-state index is 0.000308. The molecule has 0 radical (unpaired) electrons. The number of piperidine rings is 2. The van der Waals surface area contributed by atoms with Gasteiger partial charge in [-0.3, -0.25) is 9.69 Å². The van der Waals surface area contributed by atoms with E-state index < -0.39 is 34.8 Å². The summed E-state index contributed by atoms with van der Waals surface area (Å²) in [5.74, 6) is -0.615. The highest BCUT2D eigenvalue weighted by molar-refractivity contribution is 6.31. The molecule has 3 N–H and O–H groups in total. The zero-order chi connectivity index (χ0) is 27.7. The van der Waals surface area contributed by atoms with Crippen molar-refractivity contribution < 1.29 is 27.9 Å². The molecule has 3 aromatic rings. The summed E-state index contributed by atoms with van der Waals surface area (Å²) in [5.41, 5.74) is 1.37. The molecule has 0 bridgehead atoms. The van der Waals surface area contributed by atoms with Crippen molar-refractivity contribution in [2.24, 2.45) is 5.92 Å². The number of carbonyl (C=O) groups excluding carboxylic acids is 1. The van der Waals surface area contributed by atoms with Gasteiger partial charge < -0.3 is 20.3 Å². The maximum Gasteiger partial charge on any atom is 0.417 e. The number of nitrogens with zero attached hydrogens (tertiary/aromatic N) is 2. The fraction of sp³-hybridized carbons (Fsp3) is 0.429. The molecule has 11 heteroatoms. The number of rotatable bonds is 5. The van der Waals surface area contributed by atoms with E-state index in [0.29, 0.717) is 44.9 Å². The van der Waals surface area contributed by atoms with Crippen LogP contribution in [-0.4, -0.2) is 64.1 Å². The maximum absolute atomic E-state index is 13.2. The molecule has 2 saturated heterocycles. The molecule has 0 aliphatic carbocycles. The van der Waals surface area contributed by atoms with Crippen molar-refractivity contribution in [2.45, 2.75) is 43.8 Å². The summed E-state index contributed by atoms with van der Waals surface area (Å²) in [6.45, 7) is 2.01. The second-order valence-electron chi connectivity index (χ2n) is 10.3. The second-order valence-corrected chi connectivity index (χ2v) is 10.7. The Balaban J connectivity index is 1.17. The van der Waals surface area contributed by atoms with Crippen LogP contribution in [0, 0.1) is 5.92 Å². The normalized spacial score (nSPS) is 18.8. The lowest BCUT2D eigenvalue weighted by atomic mass is 9.84. The Bertz CT molecular complexity index is 1350. The van der Waals surface area contributed by atoms with E-state index in [9.17, 15) is 27.9 Å². The molecule has 1 unspecified atom stereocenters. The van der Waals surface area contributed by atoms with Crippen molar-refractivity contribution in [2.75, 3.05) is 31.5 Å². The molecule has 1 atom stereocenters. The highest BCUT2D eigenvalue weighted by Gasteiger charge is 2.39. The topological polar surface area (TPSA) is 88.7 Å². The van der Waals surface area contributed by atoms with E-state index in [2.05, 4.69) is 33.5 Å². The van der Waals surface area contributed by atoms with E-state index in [-0.39, 0.29) is 11.6 Å². The molecule has 2 aliphatic rings. The molecule has 0 spiro atoms. The highest BCUT2D eigenvalue weighted by atomic mass is 35.5. The van der Waals surface area contributed by atoms with Gasteiger partial charge in [-0.15, -0.1) is 0 Å². The molecule has 208 valence electrons. The second kappa shape index (κ2) is 11.1. The number of carbonyl (C=O) groups is 2. The fourth-order valence-corrected chi connectivity index (χ4v) is 6.24. The summed E-state index contributed by atoms with van der Waals surface area (Å²) in [7, 11) is 0. The maximum atomic E-state index is 13.2. The monoisotopic (exact) mass is 562 g/mol.